The Balaban J connectivity index is 1.31. The van der Waals surface area contributed by atoms with Crippen LogP contribution in [0.2, 0.25) is 0 Å². The molecule has 1 unspecified atom stereocenters. The number of rotatable bonds is 7. The third kappa shape index (κ3) is 4.69. The number of likely N-dealkylation sites (tertiary alicyclic amines) is 1. The van der Waals surface area contributed by atoms with Crippen molar-refractivity contribution in [2.45, 2.75) is 45.2 Å². The van der Waals surface area contributed by atoms with Gasteiger partial charge >= 0.3 is 0 Å². The van der Waals surface area contributed by atoms with Crippen molar-refractivity contribution in [2.24, 2.45) is 0 Å². The molecule has 2 aromatic carbocycles. The number of nitrogens with zero attached hydrogens (tertiary/aromatic N) is 2. The fraction of sp³-hybridized carbons (Fsp3) is 0.400. The smallest absolute Gasteiger partial charge is 0.261 e. The standard InChI is InChI=1S/C25H29N3O3/c1-18-8-4-5-14-27(18)15-7-13-26-23(29)20-10-6-9-19(16-20)17-28-24(30)21-11-2-3-12-22(21)25(28)31/h2-3,6,9-12,16,18H,4-5,7-8,13-15,17H2,1H3,(H,26,29). The molecule has 0 spiro atoms. The molecule has 2 aromatic rings. The molecule has 1 N–H and O–H groups in total. The lowest BCUT2D eigenvalue weighted by molar-refractivity contribution is 0.0642. The van der Waals surface area contributed by atoms with Gasteiger partial charge in [-0.25, -0.2) is 0 Å². The molecule has 0 radical (unpaired) electrons. The summed E-state index contributed by atoms with van der Waals surface area (Å²) in [6.07, 6.45) is 4.75. The third-order valence-electron chi connectivity index (χ3n) is 6.26. The average Bonchev–Trinajstić information content (AvgIpc) is 3.03. The number of carbonyl (C=O) groups excluding carboxylic acids is 3. The number of piperidine rings is 1. The number of benzene rings is 2. The lowest BCUT2D eigenvalue weighted by Crippen LogP contribution is -2.39. The second-order valence-electron chi connectivity index (χ2n) is 8.43. The number of hydrogen-bond acceptors (Lipinski definition) is 4. The van der Waals surface area contributed by atoms with E-state index in [1.807, 2.05) is 6.07 Å². The van der Waals surface area contributed by atoms with Gasteiger partial charge in [0, 0.05) is 24.7 Å². The van der Waals surface area contributed by atoms with E-state index >= 15 is 0 Å². The minimum atomic E-state index is -0.289. The van der Waals surface area contributed by atoms with Crippen molar-refractivity contribution >= 4 is 17.7 Å². The van der Waals surface area contributed by atoms with Crippen molar-refractivity contribution in [2.75, 3.05) is 19.6 Å². The van der Waals surface area contributed by atoms with Crippen LogP contribution in [0, 0.1) is 0 Å². The van der Waals surface area contributed by atoms with Gasteiger partial charge in [-0.15, -0.1) is 0 Å². The molecule has 4 rings (SSSR count). The summed E-state index contributed by atoms with van der Waals surface area (Å²) >= 11 is 0. The molecule has 1 atom stereocenters. The third-order valence-corrected chi connectivity index (χ3v) is 6.26. The van der Waals surface area contributed by atoms with E-state index in [1.165, 1.54) is 24.2 Å². The van der Waals surface area contributed by atoms with E-state index in [1.54, 1.807) is 42.5 Å². The minimum Gasteiger partial charge on any atom is -0.352 e. The van der Waals surface area contributed by atoms with Crippen LogP contribution in [0.4, 0.5) is 0 Å². The second-order valence-corrected chi connectivity index (χ2v) is 8.43. The number of hydrogen-bond donors (Lipinski definition) is 1. The summed E-state index contributed by atoms with van der Waals surface area (Å²) in [4.78, 5) is 41.5. The van der Waals surface area contributed by atoms with Gasteiger partial charge in [0.1, 0.15) is 0 Å². The largest absolute Gasteiger partial charge is 0.352 e. The zero-order chi connectivity index (χ0) is 21.8. The first-order chi connectivity index (χ1) is 15.0. The minimum absolute atomic E-state index is 0.129. The molecular formula is C25H29N3O3. The van der Waals surface area contributed by atoms with E-state index < -0.39 is 0 Å². The van der Waals surface area contributed by atoms with Gasteiger partial charge in [0.2, 0.25) is 0 Å². The lowest BCUT2D eigenvalue weighted by Gasteiger charge is -2.33. The molecule has 0 bridgehead atoms. The molecule has 6 heteroatoms. The molecular weight excluding hydrogens is 390 g/mol. The van der Waals surface area contributed by atoms with Crippen LogP contribution in [0.1, 0.15) is 69.2 Å². The molecule has 1 fully saturated rings. The Hall–Kier alpha value is -2.99. The predicted molar refractivity (Wildman–Crippen MR) is 119 cm³/mol. The van der Waals surface area contributed by atoms with Crippen LogP contribution >= 0.6 is 0 Å². The lowest BCUT2D eigenvalue weighted by atomic mass is 10.0. The topological polar surface area (TPSA) is 69.7 Å². The Bertz CT molecular complexity index is 952. The van der Waals surface area contributed by atoms with Crippen LogP contribution in [-0.4, -0.2) is 53.2 Å². The van der Waals surface area contributed by atoms with Gasteiger partial charge in [0.25, 0.3) is 17.7 Å². The maximum Gasteiger partial charge on any atom is 0.261 e. The highest BCUT2D eigenvalue weighted by Crippen LogP contribution is 2.24. The van der Waals surface area contributed by atoms with E-state index in [0.717, 1.165) is 25.1 Å². The normalized spacial score (nSPS) is 18.9. The Morgan fingerprint density at radius 1 is 1.03 bits per heavy atom. The summed E-state index contributed by atoms with van der Waals surface area (Å²) < 4.78 is 0. The fourth-order valence-corrected chi connectivity index (χ4v) is 4.45. The Labute approximate surface area is 183 Å². The van der Waals surface area contributed by atoms with Crippen LogP contribution in [0.25, 0.3) is 0 Å². The summed E-state index contributed by atoms with van der Waals surface area (Å²) in [5.41, 5.74) is 2.17. The Kier molecular flexibility index (Phi) is 6.47. The monoisotopic (exact) mass is 419 g/mol. The molecule has 2 aliphatic heterocycles. The molecule has 0 aromatic heterocycles. The highest BCUT2D eigenvalue weighted by molar-refractivity contribution is 6.21. The summed E-state index contributed by atoms with van der Waals surface area (Å²) in [5.74, 6) is -0.708. The van der Waals surface area contributed by atoms with Crippen LogP contribution in [0.5, 0.6) is 0 Å². The number of fused-ring (bicyclic) bond motifs is 1. The van der Waals surface area contributed by atoms with Crippen molar-refractivity contribution in [1.29, 1.82) is 0 Å². The van der Waals surface area contributed by atoms with E-state index in [-0.39, 0.29) is 24.3 Å². The SMILES string of the molecule is CC1CCCCN1CCCNC(=O)c1cccc(CN2C(=O)c3ccccc3C2=O)c1. The highest BCUT2D eigenvalue weighted by atomic mass is 16.2. The molecule has 0 saturated carbocycles. The number of carbonyl (C=O) groups is 3. The number of amides is 3. The summed E-state index contributed by atoms with van der Waals surface area (Å²) in [7, 11) is 0. The highest BCUT2D eigenvalue weighted by Gasteiger charge is 2.35. The van der Waals surface area contributed by atoms with Crippen molar-refractivity contribution in [3.05, 3.63) is 70.8 Å². The van der Waals surface area contributed by atoms with Crippen LogP contribution < -0.4 is 5.32 Å². The molecule has 2 aliphatic rings. The van der Waals surface area contributed by atoms with Gasteiger partial charge in [-0.1, -0.05) is 30.7 Å². The zero-order valence-corrected chi connectivity index (χ0v) is 18.0. The first-order valence-corrected chi connectivity index (χ1v) is 11.1. The molecule has 6 nitrogen and oxygen atoms in total. The van der Waals surface area contributed by atoms with Crippen molar-refractivity contribution in [3.8, 4) is 0 Å². The fourth-order valence-electron chi connectivity index (χ4n) is 4.45. The van der Waals surface area contributed by atoms with Gasteiger partial charge in [-0.3, -0.25) is 19.3 Å². The maximum absolute atomic E-state index is 12.6. The summed E-state index contributed by atoms with van der Waals surface area (Å²) in [5, 5.41) is 2.99. The molecule has 1 saturated heterocycles. The van der Waals surface area contributed by atoms with Crippen LogP contribution in [0.15, 0.2) is 48.5 Å². The maximum atomic E-state index is 12.6. The van der Waals surface area contributed by atoms with E-state index in [2.05, 4.69) is 17.1 Å². The van der Waals surface area contributed by atoms with E-state index in [4.69, 9.17) is 0 Å². The predicted octanol–water partition coefficient (Wildman–Crippen LogP) is 3.48. The Morgan fingerprint density at radius 3 is 2.48 bits per heavy atom. The first-order valence-electron chi connectivity index (χ1n) is 11.1. The first kappa shape index (κ1) is 21.2. The van der Waals surface area contributed by atoms with E-state index in [9.17, 15) is 14.4 Å². The van der Waals surface area contributed by atoms with Gasteiger partial charge in [0.15, 0.2) is 0 Å². The van der Waals surface area contributed by atoms with Gasteiger partial charge < -0.3 is 10.2 Å². The van der Waals surface area contributed by atoms with E-state index in [0.29, 0.717) is 29.3 Å². The van der Waals surface area contributed by atoms with Crippen molar-refractivity contribution in [3.63, 3.8) is 0 Å². The second kappa shape index (κ2) is 9.43. The Morgan fingerprint density at radius 2 is 1.77 bits per heavy atom. The van der Waals surface area contributed by atoms with Crippen molar-refractivity contribution in [1.82, 2.24) is 15.1 Å². The average molecular weight is 420 g/mol. The van der Waals surface area contributed by atoms with Crippen LogP contribution in [-0.2, 0) is 6.54 Å². The molecule has 2 heterocycles. The molecule has 3 amide bonds. The van der Waals surface area contributed by atoms with Gasteiger partial charge in [0.05, 0.1) is 17.7 Å². The van der Waals surface area contributed by atoms with Crippen molar-refractivity contribution < 1.29 is 14.4 Å². The van der Waals surface area contributed by atoms with Crippen LogP contribution in [0.3, 0.4) is 0 Å². The summed E-state index contributed by atoms with van der Waals surface area (Å²) in [6.45, 7) is 5.21. The molecule has 0 aliphatic carbocycles. The molecule has 31 heavy (non-hydrogen) atoms. The molecule has 162 valence electrons. The summed E-state index contributed by atoms with van der Waals surface area (Å²) in [6, 6.07) is 14.6. The zero-order valence-electron chi connectivity index (χ0n) is 18.0. The van der Waals surface area contributed by atoms with Gasteiger partial charge in [-0.2, -0.15) is 0 Å². The number of nitrogens with one attached hydrogen (secondary N) is 1. The number of imide groups is 1. The van der Waals surface area contributed by atoms with Gasteiger partial charge in [-0.05, 0) is 62.6 Å². The quantitative estimate of drug-likeness (QED) is 0.551.